The van der Waals surface area contributed by atoms with Crippen LogP contribution in [0.3, 0.4) is 0 Å². The van der Waals surface area contributed by atoms with E-state index in [9.17, 15) is 22.0 Å². The minimum Gasteiger partial charge on any atom is -0.468 e. The Morgan fingerprint density at radius 2 is 1.85 bits per heavy atom. The Balaban J connectivity index is 3.09. The Labute approximate surface area is 116 Å². The molecule has 0 amide bonds. The maximum absolute atomic E-state index is 13.1. The molecule has 20 heavy (non-hydrogen) atoms. The van der Waals surface area contributed by atoms with Crippen molar-refractivity contribution in [3.05, 3.63) is 29.8 Å². The fourth-order valence-corrected chi connectivity index (χ4v) is 2.81. The molecule has 0 aliphatic rings. The molecule has 1 unspecified atom stereocenters. The third-order valence-corrected chi connectivity index (χ3v) is 4.04. The summed E-state index contributed by atoms with van der Waals surface area (Å²) < 4.78 is 56.5. The van der Waals surface area contributed by atoms with Gasteiger partial charge in [-0.25, -0.2) is 17.2 Å². The van der Waals surface area contributed by atoms with E-state index in [1.807, 2.05) is 0 Å². The average molecular weight is 307 g/mol. The number of hydrogen-bond donors (Lipinski definition) is 1. The smallest absolute Gasteiger partial charge is 0.324 e. The highest BCUT2D eigenvalue weighted by Gasteiger charge is 2.29. The van der Waals surface area contributed by atoms with Gasteiger partial charge >= 0.3 is 5.97 Å². The third-order valence-electron chi connectivity index (χ3n) is 2.61. The molecule has 0 saturated carbocycles. The molecule has 0 fully saturated rings. The van der Waals surface area contributed by atoms with Crippen molar-refractivity contribution >= 4 is 16.0 Å². The summed E-state index contributed by atoms with van der Waals surface area (Å²) in [6, 6.07) is 1.05. The molecule has 1 aromatic carbocycles. The Kier molecular flexibility index (Phi) is 5.18. The highest BCUT2D eigenvalue weighted by atomic mass is 32.2. The molecular weight excluding hydrogens is 292 g/mol. The van der Waals surface area contributed by atoms with Crippen molar-refractivity contribution in [3.8, 4) is 0 Å². The predicted molar refractivity (Wildman–Crippen MR) is 67.3 cm³/mol. The van der Waals surface area contributed by atoms with Crippen LogP contribution in [0.25, 0.3) is 0 Å². The SMILES string of the molecule is COC(=O)C(NS(=O)(=O)c1ccc(F)c(F)c1)C(C)C. The quantitative estimate of drug-likeness (QED) is 0.836. The Bertz CT molecular complexity index is 601. The van der Waals surface area contributed by atoms with E-state index in [-0.39, 0.29) is 5.92 Å². The van der Waals surface area contributed by atoms with Crippen molar-refractivity contribution < 1.29 is 26.7 Å². The van der Waals surface area contributed by atoms with Crippen LogP contribution in [0.1, 0.15) is 13.8 Å². The van der Waals surface area contributed by atoms with Gasteiger partial charge in [0, 0.05) is 0 Å². The maximum Gasteiger partial charge on any atom is 0.324 e. The number of esters is 1. The van der Waals surface area contributed by atoms with Gasteiger partial charge in [0.05, 0.1) is 12.0 Å². The first-order chi connectivity index (χ1) is 9.19. The predicted octanol–water partition coefficient (Wildman–Crippen LogP) is 1.44. The van der Waals surface area contributed by atoms with Crippen LogP contribution in [-0.2, 0) is 19.6 Å². The van der Waals surface area contributed by atoms with Gasteiger partial charge < -0.3 is 4.74 Å². The molecule has 0 aliphatic heterocycles. The lowest BCUT2D eigenvalue weighted by molar-refractivity contribution is -0.143. The van der Waals surface area contributed by atoms with Crippen molar-refractivity contribution in [2.24, 2.45) is 5.92 Å². The lowest BCUT2D eigenvalue weighted by Crippen LogP contribution is -2.44. The monoisotopic (exact) mass is 307 g/mol. The van der Waals surface area contributed by atoms with Crippen LogP contribution in [0.5, 0.6) is 0 Å². The molecule has 0 bridgehead atoms. The summed E-state index contributed by atoms with van der Waals surface area (Å²) in [6.45, 7) is 3.24. The maximum atomic E-state index is 13.1. The van der Waals surface area contributed by atoms with Crippen molar-refractivity contribution in [2.75, 3.05) is 7.11 Å². The topological polar surface area (TPSA) is 72.5 Å². The fourth-order valence-electron chi connectivity index (χ4n) is 1.46. The van der Waals surface area contributed by atoms with E-state index in [1.165, 1.54) is 0 Å². The van der Waals surface area contributed by atoms with E-state index in [0.717, 1.165) is 13.2 Å². The summed E-state index contributed by atoms with van der Waals surface area (Å²) in [7, 11) is -3.03. The van der Waals surface area contributed by atoms with Crippen molar-refractivity contribution in [1.29, 1.82) is 0 Å². The Morgan fingerprint density at radius 3 is 2.30 bits per heavy atom. The molecule has 1 atom stereocenters. The van der Waals surface area contributed by atoms with Gasteiger partial charge in [-0.2, -0.15) is 4.72 Å². The number of carbonyl (C=O) groups is 1. The molecule has 1 rings (SSSR count). The second kappa shape index (κ2) is 6.27. The first-order valence-corrected chi connectivity index (χ1v) is 7.22. The summed E-state index contributed by atoms with van der Waals surface area (Å²) in [4.78, 5) is 11.0. The largest absolute Gasteiger partial charge is 0.468 e. The fraction of sp³-hybridized carbons (Fsp3) is 0.417. The molecule has 0 radical (unpaired) electrons. The third kappa shape index (κ3) is 3.73. The van der Waals surface area contributed by atoms with Gasteiger partial charge in [0.2, 0.25) is 10.0 Å². The van der Waals surface area contributed by atoms with Gasteiger partial charge in [0.15, 0.2) is 11.6 Å². The van der Waals surface area contributed by atoms with Crippen LogP contribution >= 0.6 is 0 Å². The Hall–Kier alpha value is -1.54. The molecule has 0 saturated heterocycles. The number of halogens is 2. The van der Waals surface area contributed by atoms with Crippen molar-refractivity contribution in [1.82, 2.24) is 4.72 Å². The number of sulfonamides is 1. The second-order valence-electron chi connectivity index (χ2n) is 4.44. The summed E-state index contributed by atoms with van der Waals surface area (Å²) in [5, 5.41) is 0. The molecule has 0 aliphatic carbocycles. The second-order valence-corrected chi connectivity index (χ2v) is 6.16. The van der Waals surface area contributed by atoms with Gasteiger partial charge in [0.25, 0.3) is 0 Å². The van der Waals surface area contributed by atoms with E-state index < -0.39 is 38.6 Å². The first kappa shape index (κ1) is 16.5. The summed E-state index contributed by atoms with van der Waals surface area (Å²) in [5.41, 5.74) is 0. The minimum atomic E-state index is -4.16. The van der Waals surface area contributed by atoms with Crippen LogP contribution < -0.4 is 4.72 Å². The number of carbonyl (C=O) groups excluding carboxylic acids is 1. The van der Waals surface area contributed by atoms with Crippen LogP contribution in [0.4, 0.5) is 8.78 Å². The van der Waals surface area contributed by atoms with Crippen LogP contribution in [0.2, 0.25) is 0 Å². The molecule has 0 heterocycles. The Morgan fingerprint density at radius 1 is 1.25 bits per heavy atom. The van der Waals surface area contributed by atoms with E-state index in [2.05, 4.69) is 9.46 Å². The van der Waals surface area contributed by atoms with Gasteiger partial charge in [-0.05, 0) is 24.1 Å². The van der Waals surface area contributed by atoms with Crippen molar-refractivity contribution in [2.45, 2.75) is 24.8 Å². The van der Waals surface area contributed by atoms with Crippen LogP contribution in [-0.4, -0.2) is 27.5 Å². The van der Waals surface area contributed by atoms with Gasteiger partial charge in [-0.1, -0.05) is 13.8 Å². The molecular formula is C12H15F2NO4S. The summed E-state index contributed by atoms with van der Waals surface area (Å²) in [6.07, 6.45) is 0. The highest BCUT2D eigenvalue weighted by molar-refractivity contribution is 7.89. The van der Waals surface area contributed by atoms with E-state index in [0.29, 0.717) is 12.1 Å². The van der Waals surface area contributed by atoms with Gasteiger partial charge in [0.1, 0.15) is 6.04 Å². The van der Waals surface area contributed by atoms with Gasteiger partial charge in [-0.3, -0.25) is 4.79 Å². The molecule has 1 aromatic rings. The number of benzene rings is 1. The first-order valence-electron chi connectivity index (χ1n) is 5.74. The average Bonchev–Trinajstić information content (AvgIpc) is 2.38. The zero-order valence-corrected chi connectivity index (χ0v) is 12.0. The number of methoxy groups -OCH3 is 1. The van der Waals surface area contributed by atoms with Gasteiger partial charge in [-0.15, -0.1) is 0 Å². The normalized spacial score (nSPS) is 13.3. The molecule has 5 nitrogen and oxygen atoms in total. The summed E-state index contributed by atoms with van der Waals surface area (Å²) >= 11 is 0. The number of rotatable bonds is 5. The van der Waals surface area contributed by atoms with Crippen LogP contribution in [0.15, 0.2) is 23.1 Å². The van der Waals surface area contributed by atoms with E-state index >= 15 is 0 Å². The summed E-state index contributed by atoms with van der Waals surface area (Å²) in [5.74, 6) is -3.57. The number of nitrogens with one attached hydrogen (secondary N) is 1. The van der Waals surface area contributed by atoms with E-state index in [1.54, 1.807) is 13.8 Å². The highest BCUT2D eigenvalue weighted by Crippen LogP contribution is 2.15. The molecule has 112 valence electrons. The molecule has 0 spiro atoms. The zero-order chi connectivity index (χ0) is 15.5. The minimum absolute atomic E-state index is 0.373. The van der Waals surface area contributed by atoms with Crippen molar-refractivity contribution in [3.63, 3.8) is 0 Å². The van der Waals surface area contributed by atoms with E-state index in [4.69, 9.17) is 0 Å². The lowest BCUT2D eigenvalue weighted by atomic mass is 10.1. The molecule has 8 heteroatoms. The lowest BCUT2D eigenvalue weighted by Gasteiger charge is -2.19. The zero-order valence-electron chi connectivity index (χ0n) is 11.2. The molecule has 1 N–H and O–H groups in total. The number of ether oxygens (including phenoxy) is 1. The molecule has 0 aromatic heterocycles. The number of hydrogen-bond acceptors (Lipinski definition) is 4. The standard InChI is InChI=1S/C12H15F2NO4S/c1-7(2)11(12(16)19-3)15-20(17,18)8-4-5-9(13)10(14)6-8/h4-7,11,15H,1-3H3. The van der Waals surface area contributed by atoms with Crippen LogP contribution in [0, 0.1) is 17.6 Å².